The zero-order valence-electron chi connectivity index (χ0n) is 7.81. The second-order valence-corrected chi connectivity index (χ2v) is 3.89. The van der Waals surface area contributed by atoms with E-state index >= 15 is 0 Å². The van der Waals surface area contributed by atoms with Crippen molar-refractivity contribution in [3.63, 3.8) is 0 Å². The molecule has 0 saturated heterocycles. The van der Waals surface area contributed by atoms with E-state index < -0.39 is 35.4 Å². The highest BCUT2D eigenvalue weighted by molar-refractivity contribution is 9.10. The SMILES string of the molecule is NCC(=O)c1cc(Br)cc(C(F)(F)F)c1O. The zero-order chi connectivity index (χ0) is 12.5. The number of phenolic OH excluding ortho intramolecular Hbond substituents is 1. The number of hydrogen-bond acceptors (Lipinski definition) is 3. The molecule has 7 heteroatoms. The summed E-state index contributed by atoms with van der Waals surface area (Å²) in [7, 11) is 0. The van der Waals surface area contributed by atoms with E-state index in [1.54, 1.807) is 0 Å². The number of benzene rings is 1. The van der Waals surface area contributed by atoms with E-state index in [1.807, 2.05) is 0 Å². The standard InChI is InChI=1S/C9H7BrF3NO2/c10-4-1-5(7(15)3-14)8(16)6(2-4)9(11,12)13/h1-2,16H,3,14H2. The molecule has 0 fully saturated rings. The van der Waals surface area contributed by atoms with Crippen LogP contribution in [0.25, 0.3) is 0 Å². The van der Waals surface area contributed by atoms with Crippen LogP contribution < -0.4 is 5.73 Å². The maximum Gasteiger partial charge on any atom is 0.420 e. The Kier molecular flexibility index (Phi) is 3.59. The molecule has 1 rings (SSSR count). The lowest BCUT2D eigenvalue weighted by atomic mass is 10.0. The maximum absolute atomic E-state index is 12.5. The zero-order valence-corrected chi connectivity index (χ0v) is 9.39. The number of hydrogen-bond donors (Lipinski definition) is 2. The van der Waals surface area contributed by atoms with E-state index in [4.69, 9.17) is 5.73 Å². The minimum atomic E-state index is -4.72. The summed E-state index contributed by atoms with van der Waals surface area (Å²) in [6.45, 7) is -0.471. The van der Waals surface area contributed by atoms with E-state index in [9.17, 15) is 23.1 Å². The van der Waals surface area contributed by atoms with Crippen molar-refractivity contribution in [2.75, 3.05) is 6.54 Å². The third-order valence-corrected chi connectivity index (χ3v) is 2.32. The summed E-state index contributed by atoms with van der Waals surface area (Å²) in [6.07, 6.45) is -4.72. The fourth-order valence-electron chi connectivity index (χ4n) is 1.14. The summed E-state index contributed by atoms with van der Waals surface area (Å²) < 4.78 is 37.4. The van der Waals surface area contributed by atoms with Gasteiger partial charge in [0, 0.05) is 4.47 Å². The number of alkyl halides is 3. The van der Waals surface area contributed by atoms with E-state index in [-0.39, 0.29) is 4.47 Å². The van der Waals surface area contributed by atoms with E-state index in [0.29, 0.717) is 6.07 Å². The molecule has 3 nitrogen and oxygen atoms in total. The molecule has 1 aromatic carbocycles. The molecule has 0 unspecified atom stereocenters. The van der Waals surface area contributed by atoms with Crippen molar-refractivity contribution in [2.45, 2.75) is 6.18 Å². The van der Waals surface area contributed by atoms with Crippen LogP contribution in [0.5, 0.6) is 5.75 Å². The number of phenols is 1. The van der Waals surface area contributed by atoms with Gasteiger partial charge >= 0.3 is 6.18 Å². The van der Waals surface area contributed by atoms with Crippen LogP contribution in [0.3, 0.4) is 0 Å². The molecule has 0 aliphatic carbocycles. The van der Waals surface area contributed by atoms with E-state index in [0.717, 1.165) is 6.07 Å². The van der Waals surface area contributed by atoms with Gasteiger partial charge in [0.25, 0.3) is 0 Å². The number of halogens is 4. The van der Waals surface area contributed by atoms with Gasteiger partial charge in [-0.05, 0) is 12.1 Å². The fourth-order valence-corrected chi connectivity index (χ4v) is 1.60. The van der Waals surface area contributed by atoms with Gasteiger partial charge in [-0.2, -0.15) is 13.2 Å². The van der Waals surface area contributed by atoms with Crippen molar-refractivity contribution in [3.8, 4) is 5.75 Å². The average Bonchev–Trinajstić information content (AvgIpc) is 2.18. The molecule has 0 aromatic heterocycles. The largest absolute Gasteiger partial charge is 0.507 e. The smallest absolute Gasteiger partial charge is 0.420 e. The van der Waals surface area contributed by atoms with Crippen LogP contribution in [0, 0.1) is 0 Å². The van der Waals surface area contributed by atoms with Crippen LogP contribution in [0.4, 0.5) is 13.2 Å². The Balaban J connectivity index is 3.44. The average molecular weight is 298 g/mol. The van der Waals surface area contributed by atoms with Crippen LogP contribution in [-0.2, 0) is 6.18 Å². The van der Waals surface area contributed by atoms with Crippen LogP contribution in [0.15, 0.2) is 16.6 Å². The summed E-state index contributed by atoms with van der Waals surface area (Å²) in [5.41, 5.74) is 3.32. The normalized spacial score (nSPS) is 11.6. The van der Waals surface area contributed by atoms with Crippen LogP contribution in [-0.4, -0.2) is 17.4 Å². The van der Waals surface area contributed by atoms with Crippen LogP contribution in [0.2, 0.25) is 0 Å². The molecule has 0 atom stereocenters. The lowest BCUT2D eigenvalue weighted by molar-refractivity contribution is -0.138. The van der Waals surface area contributed by atoms with E-state index in [1.165, 1.54) is 0 Å². The number of Topliss-reactive ketones (excluding diaryl/α,β-unsaturated/α-hetero) is 1. The molecule has 0 heterocycles. The van der Waals surface area contributed by atoms with Gasteiger partial charge in [-0.25, -0.2) is 0 Å². The molecule has 0 spiro atoms. The molecule has 3 N–H and O–H groups in total. The quantitative estimate of drug-likeness (QED) is 0.824. The van der Waals surface area contributed by atoms with Gasteiger partial charge in [0.2, 0.25) is 0 Å². The number of carbonyl (C=O) groups excluding carboxylic acids is 1. The van der Waals surface area contributed by atoms with Crippen molar-refractivity contribution in [2.24, 2.45) is 5.73 Å². The lowest BCUT2D eigenvalue weighted by Crippen LogP contribution is -2.15. The van der Waals surface area contributed by atoms with Crippen molar-refractivity contribution in [1.29, 1.82) is 0 Å². The van der Waals surface area contributed by atoms with Crippen molar-refractivity contribution in [1.82, 2.24) is 0 Å². The highest BCUT2D eigenvalue weighted by Gasteiger charge is 2.35. The Bertz CT molecular complexity index is 431. The molecule has 0 amide bonds. The monoisotopic (exact) mass is 297 g/mol. The fraction of sp³-hybridized carbons (Fsp3) is 0.222. The van der Waals surface area contributed by atoms with Crippen molar-refractivity contribution >= 4 is 21.7 Å². The second kappa shape index (κ2) is 4.42. The summed E-state index contributed by atoms with van der Waals surface area (Å²) in [4.78, 5) is 11.2. The molecule has 0 radical (unpaired) electrons. The number of ketones is 1. The minimum Gasteiger partial charge on any atom is -0.507 e. The first-order valence-corrected chi connectivity index (χ1v) is 4.89. The minimum absolute atomic E-state index is 0.0504. The third-order valence-electron chi connectivity index (χ3n) is 1.87. The Morgan fingerprint density at radius 1 is 1.44 bits per heavy atom. The number of aromatic hydroxyl groups is 1. The molecule has 0 bridgehead atoms. The maximum atomic E-state index is 12.5. The van der Waals surface area contributed by atoms with Crippen LogP contribution >= 0.6 is 15.9 Å². The van der Waals surface area contributed by atoms with Gasteiger partial charge in [-0.1, -0.05) is 15.9 Å². The Hall–Kier alpha value is -1.08. The summed E-state index contributed by atoms with van der Waals surface area (Å²) in [6, 6.07) is 1.79. The molecular formula is C9H7BrF3NO2. The van der Waals surface area contributed by atoms with Crippen molar-refractivity contribution in [3.05, 3.63) is 27.7 Å². The topological polar surface area (TPSA) is 63.3 Å². The summed E-state index contributed by atoms with van der Waals surface area (Å²) in [5, 5.41) is 9.33. The number of nitrogens with two attached hydrogens (primary N) is 1. The molecule has 88 valence electrons. The summed E-state index contributed by atoms with van der Waals surface area (Å²) in [5.74, 6) is -1.85. The number of carbonyl (C=O) groups is 1. The van der Waals surface area contributed by atoms with Gasteiger partial charge in [0.05, 0.1) is 17.7 Å². The third kappa shape index (κ3) is 2.53. The molecule has 1 aromatic rings. The molecule has 0 aliphatic heterocycles. The first kappa shape index (κ1) is 13.0. The van der Waals surface area contributed by atoms with Gasteiger partial charge in [-0.15, -0.1) is 0 Å². The van der Waals surface area contributed by atoms with Gasteiger partial charge in [-0.3, -0.25) is 4.79 Å². The molecule has 16 heavy (non-hydrogen) atoms. The Labute approximate surface area is 97.2 Å². The molecule has 0 aliphatic rings. The molecular weight excluding hydrogens is 291 g/mol. The predicted octanol–water partition coefficient (Wildman–Crippen LogP) is 2.31. The Morgan fingerprint density at radius 2 is 2.00 bits per heavy atom. The first-order valence-electron chi connectivity index (χ1n) is 4.10. The first-order chi connectivity index (χ1) is 7.27. The van der Waals surface area contributed by atoms with Gasteiger partial charge < -0.3 is 10.8 Å². The molecule has 0 saturated carbocycles. The van der Waals surface area contributed by atoms with Crippen molar-refractivity contribution < 1.29 is 23.1 Å². The summed E-state index contributed by atoms with van der Waals surface area (Å²) >= 11 is 2.83. The van der Waals surface area contributed by atoms with Gasteiger partial charge in [0.1, 0.15) is 5.75 Å². The van der Waals surface area contributed by atoms with Crippen LogP contribution in [0.1, 0.15) is 15.9 Å². The second-order valence-electron chi connectivity index (χ2n) is 2.97. The van der Waals surface area contributed by atoms with Gasteiger partial charge in [0.15, 0.2) is 5.78 Å². The Morgan fingerprint density at radius 3 is 2.44 bits per heavy atom. The van der Waals surface area contributed by atoms with E-state index in [2.05, 4.69) is 15.9 Å². The highest BCUT2D eigenvalue weighted by Crippen LogP contribution is 2.39. The highest BCUT2D eigenvalue weighted by atomic mass is 79.9. The lowest BCUT2D eigenvalue weighted by Gasteiger charge is -2.12. The predicted molar refractivity (Wildman–Crippen MR) is 54.2 cm³/mol. The number of rotatable bonds is 2.